The lowest BCUT2D eigenvalue weighted by molar-refractivity contribution is -0.122. The predicted molar refractivity (Wildman–Crippen MR) is 134 cm³/mol. The van der Waals surface area contributed by atoms with E-state index in [1.165, 1.54) is 0 Å². The number of carbonyl (C=O) groups is 2. The molecule has 0 unspecified atom stereocenters. The van der Waals surface area contributed by atoms with E-state index < -0.39 is 0 Å². The highest BCUT2D eigenvalue weighted by atomic mass is 16.5. The molecule has 1 aliphatic heterocycles. The molecule has 1 heterocycles. The lowest BCUT2D eigenvalue weighted by Gasteiger charge is -2.25. The van der Waals surface area contributed by atoms with E-state index in [0.29, 0.717) is 0 Å². The first-order valence-corrected chi connectivity index (χ1v) is 11.6. The highest BCUT2D eigenvalue weighted by Gasteiger charge is 2.23. The first-order valence-electron chi connectivity index (χ1n) is 11.6. The highest BCUT2D eigenvalue weighted by Crippen LogP contribution is 2.28. The van der Waals surface area contributed by atoms with Gasteiger partial charge in [0.15, 0.2) is 0 Å². The van der Waals surface area contributed by atoms with Crippen LogP contribution in [0.15, 0.2) is 72.8 Å². The Labute approximate surface area is 202 Å². The molecule has 2 aromatic carbocycles. The Morgan fingerprint density at radius 3 is 1.50 bits per heavy atom. The fourth-order valence-electron chi connectivity index (χ4n) is 4.17. The van der Waals surface area contributed by atoms with Gasteiger partial charge in [0.2, 0.25) is 11.8 Å². The molecule has 2 N–H and O–H groups in total. The normalized spacial score (nSPS) is 25.9. The van der Waals surface area contributed by atoms with Gasteiger partial charge >= 0.3 is 0 Å². The molecule has 0 aliphatic carbocycles. The molecular formula is C28H34N2O4. The van der Waals surface area contributed by atoms with Crippen LogP contribution in [-0.2, 0) is 9.59 Å². The molecule has 6 nitrogen and oxygen atoms in total. The van der Waals surface area contributed by atoms with Crippen molar-refractivity contribution >= 4 is 11.8 Å². The van der Waals surface area contributed by atoms with Crippen molar-refractivity contribution in [3.8, 4) is 11.5 Å². The van der Waals surface area contributed by atoms with E-state index in [2.05, 4.69) is 10.6 Å². The summed E-state index contributed by atoms with van der Waals surface area (Å²) < 4.78 is 10.7. The minimum absolute atomic E-state index is 0.0242. The molecule has 0 spiro atoms. The number of methoxy groups -OCH3 is 2. The molecule has 0 aromatic heterocycles. The van der Waals surface area contributed by atoms with E-state index >= 15 is 0 Å². The van der Waals surface area contributed by atoms with Gasteiger partial charge in [-0.15, -0.1) is 0 Å². The van der Waals surface area contributed by atoms with Crippen LogP contribution in [0.2, 0.25) is 0 Å². The Morgan fingerprint density at radius 2 is 1.12 bits per heavy atom. The Morgan fingerprint density at radius 1 is 0.706 bits per heavy atom. The van der Waals surface area contributed by atoms with Crippen molar-refractivity contribution in [1.82, 2.24) is 10.6 Å². The van der Waals surface area contributed by atoms with E-state index in [4.69, 9.17) is 9.47 Å². The third-order valence-corrected chi connectivity index (χ3v) is 6.08. The van der Waals surface area contributed by atoms with Gasteiger partial charge in [0.1, 0.15) is 11.5 Å². The summed E-state index contributed by atoms with van der Waals surface area (Å²) in [4.78, 5) is 25.7. The molecule has 1 aliphatic rings. The quantitative estimate of drug-likeness (QED) is 0.634. The van der Waals surface area contributed by atoms with E-state index in [0.717, 1.165) is 22.6 Å². The summed E-state index contributed by atoms with van der Waals surface area (Å²) in [5.74, 6) is 1.30. The van der Waals surface area contributed by atoms with Crippen molar-refractivity contribution < 1.29 is 19.1 Å². The highest BCUT2D eigenvalue weighted by molar-refractivity contribution is 5.79. The van der Waals surface area contributed by atoms with Crippen LogP contribution in [0.5, 0.6) is 11.5 Å². The van der Waals surface area contributed by atoms with Crippen LogP contribution in [-0.4, -0.2) is 26.0 Å². The topological polar surface area (TPSA) is 76.7 Å². The van der Waals surface area contributed by atoms with Crippen molar-refractivity contribution in [3.63, 3.8) is 0 Å². The molecule has 6 heteroatoms. The zero-order chi connectivity index (χ0) is 24.5. The molecule has 0 radical (unpaired) electrons. The van der Waals surface area contributed by atoms with E-state index in [1.807, 2.05) is 86.7 Å². The average Bonchev–Trinajstić information content (AvgIpc) is 2.85. The van der Waals surface area contributed by atoms with Crippen LogP contribution in [0.3, 0.4) is 0 Å². The van der Waals surface area contributed by atoms with Gasteiger partial charge in [0.25, 0.3) is 0 Å². The lowest BCUT2D eigenvalue weighted by Crippen LogP contribution is -2.33. The second kappa shape index (κ2) is 12.1. The number of benzene rings is 2. The van der Waals surface area contributed by atoms with Gasteiger partial charge in [-0.05, 0) is 47.2 Å². The maximum absolute atomic E-state index is 12.8. The van der Waals surface area contributed by atoms with Crippen LogP contribution < -0.4 is 20.1 Å². The van der Waals surface area contributed by atoms with Crippen molar-refractivity contribution in [3.05, 3.63) is 84.0 Å². The summed E-state index contributed by atoms with van der Waals surface area (Å²) in [7, 11) is 3.25. The van der Waals surface area contributed by atoms with Crippen molar-refractivity contribution in [2.75, 3.05) is 14.2 Å². The summed E-state index contributed by atoms with van der Waals surface area (Å²) in [5.41, 5.74) is 1.91. The monoisotopic (exact) mass is 462 g/mol. The Bertz CT molecular complexity index is 963. The molecule has 4 atom stereocenters. The number of hydrogen-bond donors (Lipinski definition) is 2. The molecule has 0 bridgehead atoms. The SMILES string of the molecule is COc1cccc([C@@H]2NC(=O)C/C=C/[C@H](C)[C@H](c3cccc(OC)c3)NC(=O)C/C=C/[C@@H]2C)c1. The second-order valence-corrected chi connectivity index (χ2v) is 8.63. The minimum atomic E-state index is -0.236. The maximum Gasteiger partial charge on any atom is 0.224 e. The molecule has 34 heavy (non-hydrogen) atoms. The maximum atomic E-state index is 12.8. The minimum Gasteiger partial charge on any atom is -0.497 e. The first-order chi connectivity index (χ1) is 16.4. The molecule has 0 saturated carbocycles. The zero-order valence-electron chi connectivity index (χ0n) is 20.3. The molecule has 2 amide bonds. The lowest BCUT2D eigenvalue weighted by atomic mass is 9.92. The largest absolute Gasteiger partial charge is 0.497 e. The smallest absolute Gasteiger partial charge is 0.224 e. The third kappa shape index (κ3) is 6.73. The van der Waals surface area contributed by atoms with E-state index in [9.17, 15) is 9.59 Å². The van der Waals surface area contributed by atoms with Crippen LogP contribution in [0.4, 0.5) is 0 Å². The van der Waals surface area contributed by atoms with Crippen LogP contribution in [0.1, 0.15) is 49.9 Å². The van der Waals surface area contributed by atoms with Crippen molar-refractivity contribution in [2.45, 2.75) is 38.8 Å². The summed E-state index contributed by atoms with van der Waals surface area (Å²) in [6.45, 7) is 4.06. The molecule has 3 rings (SSSR count). The number of nitrogens with one attached hydrogen (secondary N) is 2. The fourth-order valence-corrected chi connectivity index (χ4v) is 4.17. The second-order valence-electron chi connectivity index (χ2n) is 8.63. The van der Waals surface area contributed by atoms with Crippen molar-refractivity contribution in [1.29, 1.82) is 0 Å². The standard InChI is InChI=1S/C28H34N2O4/c1-19-9-5-15-26(32)30-28(22-12-8-14-24(18-22)34-4)20(2)10-6-16-25(31)29-27(19)21-11-7-13-23(17-21)33-3/h5-14,17-20,27-28H,15-16H2,1-4H3,(H,29,31)(H,30,32)/b9-5+,10-6+/t19-,20-,27+,28+/m0/s1. The Kier molecular flexibility index (Phi) is 8.91. The van der Waals surface area contributed by atoms with Crippen LogP contribution in [0, 0.1) is 11.8 Å². The average molecular weight is 463 g/mol. The molecular weight excluding hydrogens is 428 g/mol. The van der Waals surface area contributed by atoms with E-state index in [-0.39, 0.29) is 48.6 Å². The number of hydrogen-bond acceptors (Lipinski definition) is 4. The van der Waals surface area contributed by atoms with Gasteiger partial charge in [-0.25, -0.2) is 0 Å². The van der Waals surface area contributed by atoms with E-state index in [1.54, 1.807) is 14.2 Å². The van der Waals surface area contributed by atoms with Crippen LogP contribution >= 0.6 is 0 Å². The Hall–Kier alpha value is -3.54. The summed E-state index contributed by atoms with van der Waals surface area (Å²) in [6.07, 6.45) is 8.20. The summed E-state index contributed by atoms with van der Waals surface area (Å²) in [5, 5.41) is 6.32. The van der Waals surface area contributed by atoms with Gasteiger partial charge in [0.05, 0.1) is 26.3 Å². The predicted octanol–water partition coefficient (Wildman–Crippen LogP) is 4.90. The number of carbonyl (C=O) groups excluding carboxylic acids is 2. The van der Waals surface area contributed by atoms with Gasteiger partial charge in [-0.2, -0.15) is 0 Å². The van der Waals surface area contributed by atoms with Gasteiger partial charge in [0, 0.05) is 12.8 Å². The van der Waals surface area contributed by atoms with Crippen LogP contribution in [0.25, 0.3) is 0 Å². The molecule has 180 valence electrons. The molecule has 0 saturated heterocycles. The van der Waals surface area contributed by atoms with Gasteiger partial charge in [-0.3, -0.25) is 9.59 Å². The van der Waals surface area contributed by atoms with Crippen molar-refractivity contribution in [2.24, 2.45) is 11.8 Å². The summed E-state index contributed by atoms with van der Waals surface area (Å²) in [6, 6.07) is 14.9. The van der Waals surface area contributed by atoms with Gasteiger partial charge in [-0.1, -0.05) is 62.4 Å². The zero-order valence-corrected chi connectivity index (χ0v) is 20.3. The third-order valence-electron chi connectivity index (χ3n) is 6.08. The number of amides is 2. The summed E-state index contributed by atoms with van der Waals surface area (Å²) >= 11 is 0. The Balaban J connectivity index is 1.86. The fraction of sp³-hybridized carbons (Fsp3) is 0.357. The molecule has 0 fully saturated rings. The number of rotatable bonds is 4. The number of ether oxygens (including phenoxy) is 2. The molecule has 2 aromatic rings. The first kappa shape index (κ1) is 25.1. The van der Waals surface area contributed by atoms with Gasteiger partial charge < -0.3 is 20.1 Å².